The molecule has 5 rings (SSSR count). The van der Waals surface area contributed by atoms with Gasteiger partial charge in [-0.15, -0.1) is 11.3 Å². The Morgan fingerprint density at radius 1 is 0.968 bits per heavy atom. The summed E-state index contributed by atoms with van der Waals surface area (Å²) in [5.74, 6) is -0.182. The first-order valence-corrected chi connectivity index (χ1v) is 10.7. The van der Waals surface area contributed by atoms with E-state index < -0.39 is 0 Å². The number of hydrogen-bond donors (Lipinski definition) is 0. The Morgan fingerprint density at radius 2 is 1.68 bits per heavy atom. The van der Waals surface area contributed by atoms with Crippen LogP contribution in [0.25, 0.3) is 23.0 Å². The molecule has 0 fully saturated rings. The minimum atomic E-state index is -0.182. The third-order valence-corrected chi connectivity index (χ3v) is 5.89. The van der Waals surface area contributed by atoms with E-state index >= 15 is 0 Å². The van der Waals surface area contributed by atoms with Gasteiger partial charge in [-0.3, -0.25) is 4.79 Å². The summed E-state index contributed by atoms with van der Waals surface area (Å²) in [6.45, 7) is 3.74. The van der Waals surface area contributed by atoms with Crippen molar-refractivity contribution in [2.75, 3.05) is 5.01 Å². The molecule has 1 aliphatic rings. The topological polar surface area (TPSA) is 63.4 Å². The molecule has 0 spiro atoms. The van der Waals surface area contributed by atoms with Crippen molar-refractivity contribution < 1.29 is 4.79 Å². The highest BCUT2D eigenvalue weighted by Gasteiger charge is 2.31. The first-order chi connectivity index (χ1) is 15.1. The number of aryl methyl sites for hydroxylation is 1. The Morgan fingerprint density at radius 3 is 2.35 bits per heavy atom. The number of carbonyl (C=O) groups excluding carboxylic acids is 1. The quantitative estimate of drug-likeness (QED) is 0.427. The van der Waals surface area contributed by atoms with E-state index in [0.717, 1.165) is 28.2 Å². The molecule has 0 atom stereocenters. The molecule has 0 N–H and O–H groups in total. The number of amides is 1. The van der Waals surface area contributed by atoms with E-state index in [9.17, 15) is 4.79 Å². The van der Waals surface area contributed by atoms with E-state index in [0.29, 0.717) is 16.4 Å². The Hall–Kier alpha value is -3.84. The lowest BCUT2D eigenvalue weighted by atomic mass is 10.0. The van der Waals surface area contributed by atoms with E-state index in [4.69, 9.17) is 5.10 Å². The molecule has 1 aliphatic heterocycles. The number of benzene rings is 2. The molecule has 3 heterocycles. The summed E-state index contributed by atoms with van der Waals surface area (Å²) in [6, 6.07) is 19.9. The van der Waals surface area contributed by atoms with Gasteiger partial charge in [0.15, 0.2) is 0 Å². The Bertz CT molecular complexity index is 1320. The van der Waals surface area contributed by atoms with Crippen LogP contribution < -0.4 is 5.01 Å². The molecule has 0 radical (unpaired) electrons. The molecular weight excluding hydrogens is 406 g/mol. The molecule has 2 aromatic heterocycles. The van der Waals surface area contributed by atoms with E-state index in [1.165, 1.54) is 16.3 Å². The van der Waals surface area contributed by atoms with Crippen LogP contribution in [0.15, 0.2) is 82.9 Å². The Kier molecular flexibility index (Phi) is 4.80. The maximum Gasteiger partial charge on any atom is 0.282 e. The zero-order chi connectivity index (χ0) is 21.4. The number of nitrogens with zero attached hydrogens (tertiary/aromatic N) is 5. The van der Waals surface area contributed by atoms with Gasteiger partial charge < -0.3 is 0 Å². The maximum absolute atomic E-state index is 13.1. The SMILES string of the molecule is CC1=NN(c2nc(C)cs2)C(=O)C1=Cc1cn(-c2ccccc2)nc1-c1ccccc1. The number of carbonyl (C=O) groups is 1. The van der Waals surface area contributed by atoms with Crippen LogP contribution in [0, 0.1) is 6.92 Å². The van der Waals surface area contributed by atoms with Crippen LogP contribution >= 0.6 is 11.3 Å². The molecule has 6 nitrogen and oxygen atoms in total. The fourth-order valence-corrected chi connectivity index (χ4v) is 4.18. The number of rotatable bonds is 4. The second-order valence-corrected chi connectivity index (χ2v) is 8.05. The monoisotopic (exact) mass is 425 g/mol. The van der Waals surface area contributed by atoms with Crippen LogP contribution in [0.4, 0.5) is 5.13 Å². The van der Waals surface area contributed by atoms with Crippen molar-refractivity contribution in [2.24, 2.45) is 5.10 Å². The van der Waals surface area contributed by atoms with Gasteiger partial charge in [-0.2, -0.15) is 15.2 Å². The third kappa shape index (κ3) is 3.60. The molecule has 2 aromatic carbocycles. The second-order valence-electron chi connectivity index (χ2n) is 7.21. The smallest absolute Gasteiger partial charge is 0.267 e. The van der Waals surface area contributed by atoms with Crippen molar-refractivity contribution in [1.82, 2.24) is 14.8 Å². The molecule has 0 saturated heterocycles. The van der Waals surface area contributed by atoms with Gasteiger partial charge in [-0.1, -0.05) is 48.5 Å². The summed E-state index contributed by atoms with van der Waals surface area (Å²) in [4.78, 5) is 17.5. The van der Waals surface area contributed by atoms with Crippen LogP contribution in [0.5, 0.6) is 0 Å². The predicted molar refractivity (Wildman–Crippen MR) is 124 cm³/mol. The average molecular weight is 426 g/mol. The first-order valence-electron chi connectivity index (χ1n) is 9.84. The van der Waals surface area contributed by atoms with Crippen LogP contribution in [0.1, 0.15) is 18.2 Å². The third-order valence-electron chi connectivity index (χ3n) is 4.96. The number of hydrogen-bond acceptors (Lipinski definition) is 5. The summed E-state index contributed by atoms with van der Waals surface area (Å²) in [7, 11) is 0. The maximum atomic E-state index is 13.1. The van der Waals surface area contributed by atoms with Gasteiger partial charge in [0.05, 0.1) is 28.4 Å². The van der Waals surface area contributed by atoms with Gasteiger partial charge >= 0.3 is 0 Å². The van der Waals surface area contributed by atoms with Crippen LogP contribution in [0.3, 0.4) is 0 Å². The predicted octanol–water partition coefficient (Wildman–Crippen LogP) is 5.11. The molecule has 7 heteroatoms. The summed E-state index contributed by atoms with van der Waals surface area (Å²) in [6.07, 6.45) is 3.82. The highest BCUT2D eigenvalue weighted by atomic mass is 32.1. The fraction of sp³-hybridized carbons (Fsp3) is 0.0833. The number of thiazole rings is 1. The zero-order valence-electron chi connectivity index (χ0n) is 17.1. The highest BCUT2D eigenvalue weighted by Crippen LogP contribution is 2.30. The van der Waals surface area contributed by atoms with Crippen LogP contribution in [-0.2, 0) is 4.79 Å². The van der Waals surface area contributed by atoms with Crippen molar-refractivity contribution in [2.45, 2.75) is 13.8 Å². The largest absolute Gasteiger partial charge is 0.282 e. The molecular formula is C24H19N5OS. The van der Waals surface area contributed by atoms with Crippen molar-refractivity contribution >= 4 is 34.2 Å². The number of hydrazone groups is 1. The van der Waals surface area contributed by atoms with E-state index in [1.54, 1.807) is 0 Å². The van der Waals surface area contributed by atoms with Gasteiger partial charge in [-0.25, -0.2) is 9.67 Å². The van der Waals surface area contributed by atoms with Crippen molar-refractivity contribution in [1.29, 1.82) is 0 Å². The van der Waals surface area contributed by atoms with Gasteiger partial charge in [0.2, 0.25) is 5.13 Å². The summed E-state index contributed by atoms with van der Waals surface area (Å²) in [5.41, 5.74) is 5.66. The number of anilines is 1. The van der Waals surface area contributed by atoms with Crippen molar-refractivity contribution in [3.05, 3.63) is 89.1 Å². The van der Waals surface area contributed by atoms with Gasteiger partial charge in [-0.05, 0) is 32.1 Å². The van der Waals surface area contributed by atoms with E-state index in [1.807, 2.05) is 96.8 Å². The molecule has 0 aliphatic carbocycles. The summed E-state index contributed by atoms with van der Waals surface area (Å²) < 4.78 is 1.84. The highest BCUT2D eigenvalue weighted by molar-refractivity contribution is 7.14. The Labute approximate surface area is 183 Å². The van der Waals surface area contributed by atoms with Gasteiger partial charge in [0, 0.05) is 22.7 Å². The minimum absolute atomic E-state index is 0.182. The summed E-state index contributed by atoms with van der Waals surface area (Å²) >= 11 is 1.41. The van der Waals surface area contributed by atoms with Crippen LogP contribution in [-0.4, -0.2) is 26.4 Å². The van der Waals surface area contributed by atoms with Crippen molar-refractivity contribution in [3.63, 3.8) is 0 Å². The van der Waals surface area contributed by atoms with E-state index in [-0.39, 0.29) is 5.91 Å². The lowest BCUT2D eigenvalue weighted by molar-refractivity contribution is -0.114. The Balaban J connectivity index is 1.60. The first kappa shape index (κ1) is 19.1. The normalized spacial score (nSPS) is 15.0. The lowest BCUT2D eigenvalue weighted by Crippen LogP contribution is -2.21. The molecule has 0 bridgehead atoms. The number of para-hydroxylation sites is 1. The molecule has 0 saturated carbocycles. The molecule has 0 unspecified atom stereocenters. The van der Waals surface area contributed by atoms with Gasteiger partial charge in [0.25, 0.3) is 5.91 Å². The number of aromatic nitrogens is 3. The zero-order valence-corrected chi connectivity index (χ0v) is 17.9. The average Bonchev–Trinajstić information content (AvgIpc) is 3.49. The molecule has 31 heavy (non-hydrogen) atoms. The molecule has 4 aromatic rings. The van der Waals surface area contributed by atoms with Crippen molar-refractivity contribution in [3.8, 4) is 16.9 Å². The fourth-order valence-electron chi connectivity index (χ4n) is 3.43. The minimum Gasteiger partial charge on any atom is -0.267 e. The van der Waals surface area contributed by atoms with Crippen LogP contribution in [0.2, 0.25) is 0 Å². The van der Waals surface area contributed by atoms with E-state index in [2.05, 4.69) is 10.1 Å². The standard InChI is InChI=1S/C24H19N5OS/c1-16-15-31-24(25-16)29-23(30)21(17(2)26-29)13-19-14-28(20-11-7-4-8-12-20)27-22(19)18-9-5-3-6-10-18/h3-15H,1-2H3. The molecule has 1 amide bonds. The lowest BCUT2D eigenvalue weighted by Gasteiger charge is -2.06. The van der Waals surface area contributed by atoms with Gasteiger partial charge in [0.1, 0.15) is 0 Å². The summed E-state index contributed by atoms with van der Waals surface area (Å²) in [5, 5.41) is 13.1. The molecule has 152 valence electrons. The second kappa shape index (κ2) is 7.77.